The first kappa shape index (κ1) is 12.6. The van der Waals surface area contributed by atoms with Gasteiger partial charge in [-0.05, 0) is 12.8 Å². The van der Waals surface area contributed by atoms with E-state index in [2.05, 4.69) is 24.4 Å². The van der Waals surface area contributed by atoms with Crippen molar-refractivity contribution in [1.29, 1.82) is 0 Å². The van der Waals surface area contributed by atoms with Gasteiger partial charge in [0.2, 0.25) is 0 Å². The van der Waals surface area contributed by atoms with Crippen molar-refractivity contribution in [3.8, 4) is 0 Å². The van der Waals surface area contributed by atoms with Crippen LogP contribution in [0.25, 0.3) is 0 Å². The minimum atomic E-state index is -1.03. The highest BCUT2D eigenvalue weighted by atomic mass is 16.4. The van der Waals surface area contributed by atoms with Crippen LogP contribution in [0.15, 0.2) is 31.1 Å². The van der Waals surface area contributed by atoms with Gasteiger partial charge in [-0.1, -0.05) is 0 Å². The van der Waals surface area contributed by atoms with E-state index in [9.17, 15) is 4.79 Å². The Morgan fingerprint density at radius 1 is 1.40 bits per heavy atom. The molecule has 7 heteroatoms. The van der Waals surface area contributed by atoms with Gasteiger partial charge in [-0.3, -0.25) is 0 Å². The molecular weight excluding hydrogens is 258 g/mol. The van der Waals surface area contributed by atoms with E-state index in [1.54, 1.807) is 6.20 Å². The van der Waals surface area contributed by atoms with Crippen LogP contribution in [0.5, 0.6) is 0 Å². The summed E-state index contributed by atoms with van der Waals surface area (Å²) in [5, 5.41) is 8.99. The number of nitrogens with zero attached hydrogens (tertiary/aromatic N) is 5. The molecule has 0 saturated carbocycles. The van der Waals surface area contributed by atoms with Gasteiger partial charge in [-0.25, -0.2) is 19.7 Å². The number of carboxylic acid groups (broad SMARTS) is 1. The molecule has 0 amide bonds. The number of carboxylic acids is 1. The number of anilines is 1. The van der Waals surface area contributed by atoms with Gasteiger partial charge in [0.15, 0.2) is 5.69 Å². The fraction of sp³-hybridized carbons (Fsp3) is 0.385. The van der Waals surface area contributed by atoms with Crippen LogP contribution in [-0.4, -0.2) is 43.7 Å². The normalized spacial score (nSPS) is 19.0. The van der Waals surface area contributed by atoms with Gasteiger partial charge in [0.05, 0.1) is 12.4 Å². The first-order valence-electron chi connectivity index (χ1n) is 6.52. The highest BCUT2D eigenvalue weighted by molar-refractivity contribution is 5.86. The van der Waals surface area contributed by atoms with E-state index >= 15 is 0 Å². The first-order valence-corrected chi connectivity index (χ1v) is 6.52. The lowest BCUT2D eigenvalue weighted by Crippen LogP contribution is -2.37. The molecule has 104 valence electrons. The van der Waals surface area contributed by atoms with Crippen molar-refractivity contribution >= 4 is 11.8 Å². The van der Waals surface area contributed by atoms with Crippen LogP contribution < -0.4 is 4.90 Å². The maximum atomic E-state index is 11.0. The van der Waals surface area contributed by atoms with Gasteiger partial charge < -0.3 is 14.6 Å². The van der Waals surface area contributed by atoms with Gasteiger partial charge >= 0.3 is 5.97 Å². The highest BCUT2D eigenvalue weighted by Gasteiger charge is 2.22. The molecule has 0 radical (unpaired) electrons. The van der Waals surface area contributed by atoms with E-state index in [1.165, 1.54) is 12.4 Å². The number of imidazole rings is 1. The van der Waals surface area contributed by atoms with Crippen molar-refractivity contribution in [1.82, 2.24) is 19.5 Å². The maximum absolute atomic E-state index is 11.0. The SMILES string of the molecule is O=C(O)c1cc(N2CCCC(n3ccnc3)C2)ncn1. The van der Waals surface area contributed by atoms with E-state index in [0.717, 1.165) is 25.9 Å². The topological polar surface area (TPSA) is 84.1 Å². The quantitative estimate of drug-likeness (QED) is 0.905. The summed E-state index contributed by atoms with van der Waals surface area (Å²) in [5.41, 5.74) is 0.0276. The predicted octanol–water partition coefficient (Wildman–Crippen LogP) is 1.21. The summed E-state index contributed by atoms with van der Waals surface area (Å²) in [6.07, 6.45) is 8.97. The number of aromatic nitrogens is 4. The Hall–Kier alpha value is -2.44. The fourth-order valence-electron chi connectivity index (χ4n) is 2.53. The number of aromatic carboxylic acids is 1. The van der Waals surface area contributed by atoms with Crippen molar-refractivity contribution in [3.63, 3.8) is 0 Å². The van der Waals surface area contributed by atoms with E-state index in [0.29, 0.717) is 11.9 Å². The number of hydrogen-bond donors (Lipinski definition) is 1. The predicted molar refractivity (Wildman–Crippen MR) is 71.7 cm³/mol. The van der Waals surface area contributed by atoms with Gasteiger partial charge in [-0.15, -0.1) is 0 Å². The number of rotatable bonds is 3. The molecule has 3 rings (SSSR count). The second-order valence-electron chi connectivity index (χ2n) is 4.82. The standard InChI is InChI=1S/C13H15N5O2/c19-13(20)11-6-12(16-8-15-11)17-4-1-2-10(7-17)18-5-3-14-9-18/h3,5-6,8-10H,1-2,4,7H2,(H,19,20). The molecule has 0 spiro atoms. The molecule has 1 aliphatic rings. The Bertz CT molecular complexity index is 599. The van der Waals surface area contributed by atoms with Crippen LogP contribution >= 0.6 is 0 Å². The lowest BCUT2D eigenvalue weighted by molar-refractivity contribution is 0.0690. The molecule has 1 unspecified atom stereocenters. The molecule has 1 fully saturated rings. The fourth-order valence-corrected chi connectivity index (χ4v) is 2.53. The van der Waals surface area contributed by atoms with Gasteiger partial charge in [0.25, 0.3) is 0 Å². The first-order chi connectivity index (χ1) is 9.74. The maximum Gasteiger partial charge on any atom is 0.354 e. The lowest BCUT2D eigenvalue weighted by atomic mass is 10.1. The number of carbonyl (C=O) groups is 1. The third-order valence-electron chi connectivity index (χ3n) is 3.54. The van der Waals surface area contributed by atoms with E-state index < -0.39 is 5.97 Å². The minimum Gasteiger partial charge on any atom is -0.477 e. The van der Waals surface area contributed by atoms with Crippen LogP contribution in [-0.2, 0) is 0 Å². The van der Waals surface area contributed by atoms with Gasteiger partial charge in [-0.2, -0.15) is 0 Å². The van der Waals surface area contributed by atoms with Crippen molar-refractivity contribution in [2.75, 3.05) is 18.0 Å². The molecular formula is C13H15N5O2. The van der Waals surface area contributed by atoms with Gasteiger partial charge in [0, 0.05) is 31.5 Å². The zero-order chi connectivity index (χ0) is 13.9. The molecule has 1 saturated heterocycles. The molecule has 1 atom stereocenters. The molecule has 1 N–H and O–H groups in total. The Morgan fingerprint density at radius 3 is 3.05 bits per heavy atom. The second-order valence-corrected chi connectivity index (χ2v) is 4.82. The van der Waals surface area contributed by atoms with Crippen molar-refractivity contribution < 1.29 is 9.90 Å². The summed E-state index contributed by atoms with van der Waals surface area (Å²) in [6, 6.07) is 1.87. The number of hydrogen-bond acceptors (Lipinski definition) is 5. The zero-order valence-electron chi connectivity index (χ0n) is 10.9. The van der Waals surface area contributed by atoms with Crippen LogP contribution in [0, 0.1) is 0 Å². The summed E-state index contributed by atoms with van der Waals surface area (Å²) in [4.78, 5) is 25.1. The van der Waals surface area contributed by atoms with Crippen molar-refractivity contribution in [3.05, 3.63) is 36.8 Å². The Labute approximate surface area is 115 Å². The van der Waals surface area contributed by atoms with E-state index in [-0.39, 0.29) is 5.69 Å². The van der Waals surface area contributed by atoms with E-state index in [1.807, 2.05) is 12.5 Å². The largest absolute Gasteiger partial charge is 0.477 e. The summed E-state index contributed by atoms with van der Waals surface area (Å²) < 4.78 is 2.09. The summed E-state index contributed by atoms with van der Waals surface area (Å²) in [7, 11) is 0. The van der Waals surface area contributed by atoms with Crippen molar-refractivity contribution in [2.45, 2.75) is 18.9 Å². The number of piperidine rings is 1. The monoisotopic (exact) mass is 273 g/mol. The van der Waals surface area contributed by atoms with Crippen LogP contribution in [0.1, 0.15) is 29.4 Å². The van der Waals surface area contributed by atoms with Crippen LogP contribution in [0.3, 0.4) is 0 Å². The molecule has 1 aliphatic heterocycles. The van der Waals surface area contributed by atoms with E-state index in [4.69, 9.17) is 5.11 Å². The molecule has 2 aromatic rings. The highest BCUT2D eigenvalue weighted by Crippen LogP contribution is 2.24. The summed E-state index contributed by atoms with van der Waals surface area (Å²) in [5.74, 6) is -0.362. The summed E-state index contributed by atoms with van der Waals surface area (Å²) in [6.45, 7) is 1.67. The van der Waals surface area contributed by atoms with Crippen LogP contribution in [0.4, 0.5) is 5.82 Å². The van der Waals surface area contributed by atoms with Gasteiger partial charge in [0.1, 0.15) is 12.1 Å². The Morgan fingerprint density at radius 2 is 2.30 bits per heavy atom. The third kappa shape index (κ3) is 2.47. The zero-order valence-corrected chi connectivity index (χ0v) is 10.9. The lowest BCUT2D eigenvalue weighted by Gasteiger charge is -2.34. The molecule has 2 aromatic heterocycles. The van der Waals surface area contributed by atoms with Crippen LogP contribution in [0.2, 0.25) is 0 Å². The summed E-state index contributed by atoms with van der Waals surface area (Å²) >= 11 is 0. The second kappa shape index (κ2) is 5.28. The Kier molecular flexibility index (Phi) is 3.32. The third-order valence-corrected chi connectivity index (χ3v) is 3.54. The molecule has 7 nitrogen and oxygen atoms in total. The molecule has 20 heavy (non-hydrogen) atoms. The Balaban J connectivity index is 1.80. The molecule has 3 heterocycles. The van der Waals surface area contributed by atoms with Crippen molar-refractivity contribution in [2.24, 2.45) is 0 Å². The molecule has 0 aliphatic carbocycles. The average molecular weight is 273 g/mol. The molecule has 0 aromatic carbocycles. The molecule has 0 bridgehead atoms. The average Bonchev–Trinajstić information content (AvgIpc) is 3.02. The minimum absolute atomic E-state index is 0.0276. The smallest absolute Gasteiger partial charge is 0.354 e.